The summed E-state index contributed by atoms with van der Waals surface area (Å²) in [4.78, 5) is 12.3. The lowest BCUT2D eigenvalue weighted by atomic mass is 10.1. The van der Waals surface area contributed by atoms with E-state index in [0.29, 0.717) is 35.8 Å². The topological polar surface area (TPSA) is 60.7 Å². The number of carbonyl (C=O) groups excluding carboxylic acids is 1. The van der Waals surface area contributed by atoms with E-state index in [1.807, 2.05) is 39.0 Å². The molecule has 0 spiro atoms. The zero-order valence-electron chi connectivity index (χ0n) is 14.3. The van der Waals surface area contributed by atoms with Crippen LogP contribution >= 0.6 is 0 Å². The molecule has 1 aromatic carbocycles. The van der Waals surface area contributed by atoms with Crippen molar-refractivity contribution in [3.05, 3.63) is 46.4 Å². The molecule has 0 aliphatic carbocycles. The zero-order chi connectivity index (χ0) is 17.0. The average molecular weight is 317 g/mol. The first-order chi connectivity index (χ1) is 11.0. The number of hydrogen-bond donors (Lipinski definition) is 1. The first kappa shape index (κ1) is 16.9. The number of nitrogens with one attached hydrogen (secondary N) is 1. The van der Waals surface area contributed by atoms with E-state index >= 15 is 0 Å². The van der Waals surface area contributed by atoms with Gasteiger partial charge in [0, 0.05) is 12.1 Å². The average Bonchev–Trinajstić information content (AvgIpc) is 2.79. The van der Waals surface area contributed by atoms with Crippen LogP contribution in [0.4, 0.5) is 0 Å². The molecule has 0 aliphatic rings. The Bertz CT molecular complexity index is 703. The Morgan fingerprint density at radius 2 is 1.78 bits per heavy atom. The third-order valence-corrected chi connectivity index (χ3v) is 3.94. The second kappa shape index (κ2) is 7.22. The molecule has 1 heterocycles. The smallest absolute Gasteiger partial charge is 0.255 e. The van der Waals surface area contributed by atoms with E-state index in [9.17, 15) is 4.79 Å². The van der Waals surface area contributed by atoms with Crippen molar-refractivity contribution in [2.75, 3.05) is 20.8 Å². The van der Waals surface area contributed by atoms with Crippen molar-refractivity contribution in [2.45, 2.75) is 27.2 Å². The van der Waals surface area contributed by atoms with Crippen LogP contribution in [0, 0.1) is 20.8 Å². The van der Waals surface area contributed by atoms with Gasteiger partial charge < -0.3 is 19.2 Å². The predicted octanol–water partition coefficient (Wildman–Crippen LogP) is 3.19. The molecule has 1 aromatic heterocycles. The van der Waals surface area contributed by atoms with Gasteiger partial charge in [0.15, 0.2) is 11.5 Å². The van der Waals surface area contributed by atoms with Crippen molar-refractivity contribution in [1.82, 2.24) is 5.32 Å². The molecule has 5 nitrogen and oxygen atoms in total. The maximum Gasteiger partial charge on any atom is 0.255 e. The normalized spacial score (nSPS) is 10.5. The standard InChI is InChI=1S/C18H23NO4/c1-11-12(2)23-13(3)17(11)18(20)19-9-8-14-6-7-15(21-4)16(10-14)22-5/h6-7,10H,8-9H2,1-5H3,(H,19,20). The van der Waals surface area contributed by atoms with E-state index in [1.165, 1.54) is 0 Å². The maximum atomic E-state index is 12.3. The second-order valence-corrected chi connectivity index (χ2v) is 5.41. The quantitative estimate of drug-likeness (QED) is 0.889. The Hall–Kier alpha value is -2.43. The van der Waals surface area contributed by atoms with Crippen molar-refractivity contribution < 1.29 is 18.7 Å². The molecule has 5 heteroatoms. The summed E-state index contributed by atoms with van der Waals surface area (Å²) in [5.74, 6) is 2.72. The zero-order valence-corrected chi connectivity index (χ0v) is 14.3. The maximum absolute atomic E-state index is 12.3. The van der Waals surface area contributed by atoms with E-state index in [1.54, 1.807) is 14.2 Å². The number of amides is 1. The highest BCUT2D eigenvalue weighted by atomic mass is 16.5. The third kappa shape index (κ3) is 3.67. The monoisotopic (exact) mass is 317 g/mol. The summed E-state index contributed by atoms with van der Waals surface area (Å²) in [6.45, 7) is 6.11. The molecule has 0 saturated heterocycles. The van der Waals surface area contributed by atoms with Gasteiger partial charge in [-0.3, -0.25) is 4.79 Å². The van der Waals surface area contributed by atoms with Gasteiger partial charge in [-0.25, -0.2) is 0 Å². The molecule has 0 aliphatic heterocycles. The van der Waals surface area contributed by atoms with Gasteiger partial charge in [-0.05, 0) is 44.9 Å². The van der Waals surface area contributed by atoms with Crippen LogP contribution in [-0.4, -0.2) is 26.7 Å². The minimum atomic E-state index is -0.0997. The van der Waals surface area contributed by atoms with E-state index in [2.05, 4.69) is 5.32 Å². The molecule has 1 amide bonds. The number of rotatable bonds is 6. The van der Waals surface area contributed by atoms with E-state index < -0.39 is 0 Å². The fourth-order valence-electron chi connectivity index (χ4n) is 2.57. The van der Waals surface area contributed by atoms with Crippen molar-refractivity contribution in [3.8, 4) is 11.5 Å². The van der Waals surface area contributed by atoms with E-state index in [4.69, 9.17) is 13.9 Å². The van der Waals surface area contributed by atoms with Crippen molar-refractivity contribution >= 4 is 5.91 Å². The summed E-state index contributed by atoms with van der Waals surface area (Å²) in [6.07, 6.45) is 0.709. The third-order valence-electron chi connectivity index (χ3n) is 3.94. The molecule has 1 N–H and O–H groups in total. The highest BCUT2D eigenvalue weighted by Gasteiger charge is 2.18. The molecule has 0 saturated carbocycles. The Balaban J connectivity index is 1.98. The van der Waals surface area contributed by atoms with Crippen LogP contribution in [0.25, 0.3) is 0 Å². The van der Waals surface area contributed by atoms with Gasteiger partial charge in [0.05, 0.1) is 19.8 Å². The highest BCUT2D eigenvalue weighted by molar-refractivity contribution is 5.96. The summed E-state index contributed by atoms with van der Waals surface area (Å²) in [7, 11) is 3.21. The molecule has 0 atom stereocenters. The summed E-state index contributed by atoms with van der Waals surface area (Å²) < 4.78 is 16.0. The Labute approximate surface area is 136 Å². The van der Waals surface area contributed by atoms with Crippen LogP contribution in [-0.2, 0) is 6.42 Å². The molecule has 0 unspecified atom stereocenters. The minimum absolute atomic E-state index is 0.0997. The van der Waals surface area contributed by atoms with Crippen LogP contribution in [0.1, 0.15) is 33.0 Å². The van der Waals surface area contributed by atoms with E-state index in [0.717, 1.165) is 16.9 Å². The van der Waals surface area contributed by atoms with Crippen molar-refractivity contribution in [2.24, 2.45) is 0 Å². The van der Waals surface area contributed by atoms with Crippen LogP contribution in [0.2, 0.25) is 0 Å². The van der Waals surface area contributed by atoms with Crippen molar-refractivity contribution in [3.63, 3.8) is 0 Å². The van der Waals surface area contributed by atoms with Crippen LogP contribution in [0.3, 0.4) is 0 Å². The molecule has 0 radical (unpaired) electrons. The molecule has 0 bridgehead atoms. The Morgan fingerprint density at radius 3 is 2.35 bits per heavy atom. The summed E-state index contributed by atoms with van der Waals surface area (Å²) in [5.41, 5.74) is 2.60. The van der Waals surface area contributed by atoms with Crippen LogP contribution < -0.4 is 14.8 Å². The van der Waals surface area contributed by atoms with Crippen molar-refractivity contribution in [1.29, 1.82) is 0 Å². The predicted molar refractivity (Wildman–Crippen MR) is 88.5 cm³/mol. The number of hydrogen-bond acceptors (Lipinski definition) is 4. The lowest BCUT2D eigenvalue weighted by molar-refractivity contribution is 0.0952. The molecule has 124 valence electrons. The molecule has 23 heavy (non-hydrogen) atoms. The first-order valence-corrected chi connectivity index (χ1v) is 7.53. The van der Waals surface area contributed by atoms with Gasteiger partial charge in [0.1, 0.15) is 11.5 Å². The van der Waals surface area contributed by atoms with Gasteiger partial charge in [-0.2, -0.15) is 0 Å². The molecule has 2 rings (SSSR count). The fraction of sp³-hybridized carbons (Fsp3) is 0.389. The first-order valence-electron chi connectivity index (χ1n) is 7.53. The Morgan fingerprint density at radius 1 is 1.09 bits per heavy atom. The lowest BCUT2D eigenvalue weighted by Crippen LogP contribution is -2.26. The summed E-state index contributed by atoms with van der Waals surface area (Å²) >= 11 is 0. The molecular weight excluding hydrogens is 294 g/mol. The van der Waals surface area contributed by atoms with Gasteiger partial charge in [-0.1, -0.05) is 6.07 Å². The number of furan rings is 1. The van der Waals surface area contributed by atoms with Gasteiger partial charge in [-0.15, -0.1) is 0 Å². The number of benzene rings is 1. The van der Waals surface area contributed by atoms with E-state index in [-0.39, 0.29) is 5.91 Å². The summed E-state index contributed by atoms with van der Waals surface area (Å²) in [6, 6.07) is 5.75. The molecular formula is C18H23NO4. The number of methoxy groups -OCH3 is 2. The highest BCUT2D eigenvalue weighted by Crippen LogP contribution is 2.27. The number of carbonyl (C=O) groups is 1. The lowest BCUT2D eigenvalue weighted by Gasteiger charge is -2.10. The largest absolute Gasteiger partial charge is 0.493 e. The number of ether oxygens (including phenoxy) is 2. The SMILES string of the molecule is COc1ccc(CCNC(=O)c2c(C)oc(C)c2C)cc1OC. The number of aryl methyl sites for hydroxylation is 2. The Kier molecular flexibility index (Phi) is 5.32. The second-order valence-electron chi connectivity index (χ2n) is 5.41. The fourth-order valence-corrected chi connectivity index (χ4v) is 2.57. The molecule has 0 fully saturated rings. The van der Waals surface area contributed by atoms with Gasteiger partial charge in [0.25, 0.3) is 5.91 Å². The van der Waals surface area contributed by atoms with Gasteiger partial charge >= 0.3 is 0 Å². The van der Waals surface area contributed by atoms with Crippen LogP contribution in [0.5, 0.6) is 11.5 Å². The van der Waals surface area contributed by atoms with Crippen LogP contribution in [0.15, 0.2) is 22.6 Å². The minimum Gasteiger partial charge on any atom is -0.493 e. The van der Waals surface area contributed by atoms with Gasteiger partial charge in [0.2, 0.25) is 0 Å². The molecule has 2 aromatic rings. The summed E-state index contributed by atoms with van der Waals surface area (Å²) in [5, 5.41) is 2.94.